The summed E-state index contributed by atoms with van der Waals surface area (Å²) in [7, 11) is 1.89. The Hall–Kier alpha value is -4.31. The van der Waals surface area contributed by atoms with Crippen LogP contribution in [0.15, 0.2) is 54.9 Å². The number of hydrogen-bond donors (Lipinski definition) is 2. The smallest absolute Gasteiger partial charge is 0.236 e. The quantitative estimate of drug-likeness (QED) is 0.368. The summed E-state index contributed by atoms with van der Waals surface area (Å²) in [4.78, 5) is 33.6. The topological polar surface area (TPSA) is 122 Å². The number of aromatic nitrogens is 6. The van der Waals surface area contributed by atoms with Crippen molar-refractivity contribution in [2.24, 2.45) is 0 Å². The lowest BCUT2D eigenvalue weighted by Crippen LogP contribution is -2.52. The monoisotopic (exact) mass is 521 g/mol. The Balaban J connectivity index is 1.20. The molecule has 39 heavy (non-hydrogen) atoms. The lowest BCUT2D eigenvalue weighted by atomic mass is 9.90. The van der Waals surface area contributed by atoms with Crippen LogP contribution in [-0.2, 0) is 4.79 Å². The molecule has 10 heteroatoms. The summed E-state index contributed by atoms with van der Waals surface area (Å²) in [5.74, 6) is 1.48. The largest absolute Gasteiger partial charge is 0.383 e. The molecule has 10 nitrogen and oxygen atoms in total. The molecule has 7 rings (SSSR count). The second-order valence-corrected chi connectivity index (χ2v) is 10.7. The van der Waals surface area contributed by atoms with Crippen LogP contribution < -0.4 is 5.73 Å². The van der Waals surface area contributed by atoms with E-state index in [1.807, 2.05) is 54.4 Å². The van der Waals surface area contributed by atoms with Gasteiger partial charge < -0.3 is 15.6 Å². The molecule has 0 unspecified atom stereocenters. The molecule has 1 aliphatic carbocycles. The second-order valence-electron chi connectivity index (χ2n) is 10.7. The third kappa shape index (κ3) is 4.21. The molecule has 4 heterocycles. The van der Waals surface area contributed by atoms with Gasteiger partial charge in [-0.25, -0.2) is 19.6 Å². The fourth-order valence-electron chi connectivity index (χ4n) is 6.10. The number of nitrogen functional groups attached to an aromatic ring is 1. The van der Waals surface area contributed by atoms with Gasteiger partial charge in [-0.3, -0.25) is 9.69 Å². The van der Waals surface area contributed by atoms with Crippen LogP contribution in [0.4, 0.5) is 5.82 Å². The van der Waals surface area contributed by atoms with Crippen LogP contribution in [0.1, 0.15) is 31.7 Å². The van der Waals surface area contributed by atoms with Gasteiger partial charge in [0.2, 0.25) is 5.91 Å². The summed E-state index contributed by atoms with van der Waals surface area (Å²) >= 11 is 0. The first-order chi connectivity index (χ1) is 19.0. The zero-order chi connectivity index (χ0) is 26.5. The summed E-state index contributed by atoms with van der Waals surface area (Å²) in [6.07, 6.45) is 5.53. The van der Waals surface area contributed by atoms with Crippen molar-refractivity contribution < 1.29 is 4.79 Å². The van der Waals surface area contributed by atoms with E-state index in [1.54, 1.807) is 0 Å². The standard InChI is InChI=1S/C29H31N9O/c1-36-13-14-37(16-24(36)39)20-8-10-21(11-9-20)38-29-25(27(30)31-17-32-29)26(35-38)19-7-12-22-23(15-19)34-28(33-22)18-5-3-2-4-6-18/h2-7,12,15,17,20-21H,8-11,13-14,16H2,1H3,(H,33,34)(H2,30,31,32)/t20-,21+. The highest BCUT2D eigenvalue weighted by atomic mass is 16.2. The molecule has 3 N–H and O–H groups in total. The number of carbonyl (C=O) groups is 1. The van der Waals surface area contributed by atoms with E-state index in [1.165, 1.54) is 6.33 Å². The van der Waals surface area contributed by atoms with E-state index in [0.717, 1.165) is 83.5 Å². The van der Waals surface area contributed by atoms with Crippen LogP contribution in [0.3, 0.4) is 0 Å². The molecular formula is C29H31N9O. The lowest BCUT2D eigenvalue weighted by molar-refractivity contribution is -0.135. The number of likely N-dealkylation sites (N-methyl/N-ethyl adjacent to an activating group) is 1. The third-order valence-corrected chi connectivity index (χ3v) is 8.34. The summed E-state index contributed by atoms with van der Waals surface area (Å²) in [5, 5.41) is 5.88. The number of anilines is 1. The number of amides is 1. The van der Waals surface area contributed by atoms with Gasteiger partial charge in [-0.2, -0.15) is 5.10 Å². The number of fused-ring (bicyclic) bond motifs is 2. The molecule has 0 atom stereocenters. The summed E-state index contributed by atoms with van der Waals surface area (Å²) in [5.41, 5.74) is 11.8. The van der Waals surface area contributed by atoms with Crippen molar-refractivity contribution in [1.29, 1.82) is 0 Å². The van der Waals surface area contributed by atoms with Crippen LogP contribution in [0.2, 0.25) is 0 Å². The Kier molecular flexibility index (Phi) is 5.77. The molecule has 2 aliphatic rings. The highest BCUT2D eigenvalue weighted by Crippen LogP contribution is 2.37. The number of hydrogen-bond acceptors (Lipinski definition) is 7. The summed E-state index contributed by atoms with van der Waals surface area (Å²) < 4.78 is 2.06. The van der Waals surface area contributed by atoms with Crippen LogP contribution in [0, 0.1) is 0 Å². The number of nitrogens with one attached hydrogen (secondary N) is 1. The predicted molar refractivity (Wildman–Crippen MR) is 151 cm³/mol. The first-order valence-electron chi connectivity index (χ1n) is 13.6. The van der Waals surface area contributed by atoms with Gasteiger partial charge in [0, 0.05) is 37.3 Å². The number of nitrogens with two attached hydrogens (primary N) is 1. The van der Waals surface area contributed by atoms with E-state index < -0.39 is 0 Å². The van der Waals surface area contributed by atoms with Crippen LogP contribution >= 0.6 is 0 Å². The van der Waals surface area contributed by atoms with Gasteiger partial charge in [-0.15, -0.1) is 0 Å². The minimum absolute atomic E-state index is 0.211. The van der Waals surface area contributed by atoms with E-state index in [-0.39, 0.29) is 11.9 Å². The molecular weight excluding hydrogens is 490 g/mol. The maximum absolute atomic E-state index is 12.2. The molecule has 0 radical (unpaired) electrons. The lowest BCUT2D eigenvalue weighted by Gasteiger charge is -2.40. The fraction of sp³-hybridized carbons (Fsp3) is 0.345. The number of benzene rings is 2. The average Bonchev–Trinajstić information content (AvgIpc) is 3.58. The summed E-state index contributed by atoms with van der Waals surface area (Å²) in [6.45, 7) is 2.26. The Morgan fingerprint density at radius 3 is 2.54 bits per heavy atom. The highest BCUT2D eigenvalue weighted by molar-refractivity contribution is 5.99. The molecule has 198 valence electrons. The van der Waals surface area contributed by atoms with Gasteiger partial charge in [0.05, 0.1) is 29.0 Å². The SMILES string of the molecule is CN1CCN([C@H]2CC[C@@H](n3nc(-c4ccc5nc(-c6ccccc6)[nH]c5c4)c4c(N)ncnc43)CC2)CC1=O. The van der Waals surface area contributed by atoms with Crippen LogP contribution in [0.5, 0.6) is 0 Å². The van der Waals surface area contributed by atoms with E-state index in [2.05, 4.69) is 30.6 Å². The van der Waals surface area contributed by atoms with Gasteiger partial charge in [-0.05, 0) is 37.8 Å². The Morgan fingerprint density at radius 2 is 1.74 bits per heavy atom. The second kappa shape index (κ2) is 9.46. The summed E-state index contributed by atoms with van der Waals surface area (Å²) in [6, 6.07) is 16.9. The van der Waals surface area contributed by atoms with Crippen molar-refractivity contribution in [2.75, 3.05) is 32.4 Å². The Labute approximate surface area is 225 Å². The van der Waals surface area contributed by atoms with E-state index in [0.29, 0.717) is 18.4 Å². The fourth-order valence-corrected chi connectivity index (χ4v) is 6.10. The third-order valence-electron chi connectivity index (χ3n) is 8.34. The first-order valence-corrected chi connectivity index (χ1v) is 13.6. The zero-order valence-corrected chi connectivity index (χ0v) is 21.9. The minimum atomic E-state index is 0.211. The van der Waals surface area contributed by atoms with Crippen LogP contribution in [-0.4, -0.2) is 78.1 Å². The van der Waals surface area contributed by atoms with E-state index >= 15 is 0 Å². The number of rotatable bonds is 4. The molecule has 1 saturated carbocycles. The van der Waals surface area contributed by atoms with Gasteiger partial charge in [-0.1, -0.05) is 36.4 Å². The Bertz CT molecular complexity index is 1670. The van der Waals surface area contributed by atoms with Crippen molar-refractivity contribution in [3.8, 4) is 22.6 Å². The molecule has 0 spiro atoms. The van der Waals surface area contributed by atoms with Crippen LogP contribution in [0.25, 0.3) is 44.7 Å². The first kappa shape index (κ1) is 23.8. The Morgan fingerprint density at radius 1 is 0.949 bits per heavy atom. The van der Waals surface area contributed by atoms with Gasteiger partial charge in [0.15, 0.2) is 5.65 Å². The molecule has 1 aliphatic heterocycles. The molecule has 2 fully saturated rings. The van der Waals surface area contributed by atoms with Gasteiger partial charge in [0.1, 0.15) is 23.7 Å². The van der Waals surface area contributed by atoms with Crippen molar-refractivity contribution >= 4 is 33.8 Å². The number of aromatic amines is 1. The molecule has 0 bridgehead atoms. The highest BCUT2D eigenvalue weighted by Gasteiger charge is 2.32. The van der Waals surface area contributed by atoms with Gasteiger partial charge in [0.25, 0.3) is 0 Å². The van der Waals surface area contributed by atoms with E-state index in [9.17, 15) is 4.79 Å². The normalized spacial score (nSPS) is 20.7. The molecule has 1 amide bonds. The molecule has 3 aromatic heterocycles. The maximum atomic E-state index is 12.2. The number of H-pyrrole nitrogens is 1. The average molecular weight is 522 g/mol. The van der Waals surface area contributed by atoms with Crippen molar-refractivity contribution in [1.82, 2.24) is 39.5 Å². The van der Waals surface area contributed by atoms with Crippen molar-refractivity contribution in [2.45, 2.75) is 37.8 Å². The molecule has 5 aromatic rings. The number of imidazole rings is 1. The number of piperazine rings is 1. The number of carbonyl (C=O) groups excluding carboxylic acids is 1. The minimum Gasteiger partial charge on any atom is -0.383 e. The predicted octanol–water partition coefficient (Wildman–Crippen LogP) is 3.88. The number of nitrogens with zero attached hydrogens (tertiary/aromatic N) is 7. The van der Waals surface area contributed by atoms with Crippen molar-refractivity contribution in [3.05, 3.63) is 54.9 Å². The zero-order valence-electron chi connectivity index (χ0n) is 21.9. The maximum Gasteiger partial charge on any atom is 0.236 e. The van der Waals surface area contributed by atoms with Crippen molar-refractivity contribution in [3.63, 3.8) is 0 Å². The van der Waals surface area contributed by atoms with Gasteiger partial charge >= 0.3 is 0 Å². The molecule has 1 saturated heterocycles. The van der Waals surface area contributed by atoms with E-state index in [4.69, 9.17) is 15.8 Å². The molecule has 2 aromatic carbocycles.